The largest absolute Gasteiger partial charge is 0.364 e. The number of rotatable bonds is 8. The Bertz CT molecular complexity index is 575. The molecule has 0 aliphatic carbocycles. The van der Waals surface area contributed by atoms with Gasteiger partial charge < -0.3 is 10.6 Å². The van der Waals surface area contributed by atoms with Gasteiger partial charge in [-0.05, 0) is 6.92 Å². The van der Waals surface area contributed by atoms with Crippen molar-refractivity contribution in [3.63, 3.8) is 0 Å². The van der Waals surface area contributed by atoms with Crippen LogP contribution in [0.2, 0.25) is 0 Å². The summed E-state index contributed by atoms with van der Waals surface area (Å²) >= 11 is 0. The molecular weight excluding hydrogens is 286 g/mol. The SMILES string of the molecule is CCNc1ncnc(NCCS(=O)(=O)CC)c1[N+](=O)[O-]. The van der Waals surface area contributed by atoms with Crippen molar-refractivity contribution in [1.82, 2.24) is 9.97 Å². The van der Waals surface area contributed by atoms with Gasteiger partial charge in [-0.1, -0.05) is 6.92 Å². The highest BCUT2D eigenvalue weighted by Crippen LogP contribution is 2.28. The second kappa shape index (κ2) is 6.98. The fraction of sp³-hybridized carbons (Fsp3) is 0.600. The molecule has 1 aromatic rings. The molecule has 0 aliphatic heterocycles. The summed E-state index contributed by atoms with van der Waals surface area (Å²) < 4.78 is 22.7. The van der Waals surface area contributed by atoms with Gasteiger partial charge in [-0.25, -0.2) is 18.4 Å². The zero-order valence-electron chi connectivity index (χ0n) is 11.3. The minimum Gasteiger partial charge on any atom is -0.364 e. The van der Waals surface area contributed by atoms with E-state index in [9.17, 15) is 18.5 Å². The maximum Gasteiger partial charge on any atom is 0.353 e. The molecule has 0 spiro atoms. The number of anilines is 2. The molecule has 0 fully saturated rings. The van der Waals surface area contributed by atoms with E-state index in [2.05, 4.69) is 20.6 Å². The Morgan fingerprint density at radius 2 is 1.85 bits per heavy atom. The van der Waals surface area contributed by atoms with E-state index in [1.807, 2.05) is 0 Å². The Kier molecular flexibility index (Phi) is 5.62. The van der Waals surface area contributed by atoms with Crippen molar-refractivity contribution in [1.29, 1.82) is 0 Å². The van der Waals surface area contributed by atoms with E-state index in [0.29, 0.717) is 6.54 Å². The first-order valence-electron chi connectivity index (χ1n) is 6.08. The fourth-order valence-electron chi connectivity index (χ4n) is 1.45. The summed E-state index contributed by atoms with van der Waals surface area (Å²) in [5.41, 5.74) is -0.289. The molecule has 1 aromatic heterocycles. The second-order valence-electron chi connectivity index (χ2n) is 3.87. The van der Waals surface area contributed by atoms with Crippen LogP contribution in [0.3, 0.4) is 0 Å². The Balaban J connectivity index is 2.89. The van der Waals surface area contributed by atoms with Gasteiger partial charge in [0, 0.05) is 18.8 Å². The first kappa shape index (κ1) is 16.1. The molecule has 20 heavy (non-hydrogen) atoms. The second-order valence-corrected chi connectivity index (χ2v) is 6.34. The van der Waals surface area contributed by atoms with Crippen LogP contribution in [0.5, 0.6) is 0 Å². The minimum absolute atomic E-state index is 0.00672. The van der Waals surface area contributed by atoms with Crippen LogP contribution < -0.4 is 10.6 Å². The molecule has 9 nitrogen and oxygen atoms in total. The molecule has 2 N–H and O–H groups in total. The number of sulfone groups is 1. The van der Waals surface area contributed by atoms with Crippen molar-refractivity contribution in [3.8, 4) is 0 Å². The highest BCUT2D eigenvalue weighted by atomic mass is 32.2. The summed E-state index contributed by atoms with van der Waals surface area (Å²) in [5.74, 6) is 0.0327. The number of nitrogens with one attached hydrogen (secondary N) is 2. The molecule has 0 saturated heterocycles. The van der Waals surface area contributed by atoms with Gasteiger partial charge in [-0.15, -0.1) is 0 Å². The van der Waals surface area contributed by atoms with E-state index < -0.39 is 14.8 Å². The zero-order valence-corrected chi connectivity index (χ0v) is 12.1. The molecule has 1 rings (SSSR count). The van der Waals surface area contributed by atoms with Crippen LogP contribution in [-0.2, 0) is 9.84 Å². The summed E-state index contributed by atoms with van der Waals surface area (Å²) in [4.78, 5) is 18.0. The molecule has 0 radical (unpaired) electrons. The summed E-state index contributed by atoms with van der Waals surface area (Å²) in [6.45, 7) is 3.86. The van der Waals surface area contributed by atoms with Gasteiger partial charge in [0.05, 0.1) is 10.7 Å². The van der Waals surface area contributed by atoms with Crippen molar-refractivity contribution in [2.24, 2.45) is 0 Å². The number of hydrogen-bond acceptors (Lipinski definition) is 8. The normalized spacial score (nSPS) is 11.1. The smallest absolute Gasteiger partial charge is 0.353 e. The number of aromatic nitrogens is 2. The third-order valence-electron chi connectivity index (χ3n) is 2.49. The van der Waals surface area contributed by atoms with Crippen molar-refractivity contribution in [2.45, 2.75) is 13.8 Å². The summed E-state index contributed by atoms with van der Waals surface area (Å²) in [6.07, 6.45) is 1.18. The molecule has 0 unspecified atom stereocenters. The van der Waals surface area contributed by atoms with E-state index in [1.54, 1.807) is 13.8 Å². The Morgan fingerprint density at radius 3 is 2.35 bits per heavy atom. The van der Waals surface area contributed by atoms with E-state index in [1.165, 1.54) is 6.33 Å². The van der Waals surface area contributed by atoms with Gasteiger partial charge >= 0.3 is 5.69 Å². The third-order valence-corrected chi connectivity index (χ3v) is 4.20. The average molecular weight is 303 g/mol. The lowest BCUT2D eigenvalue weighted by atomic mass is 10.4. The Labute approximate surface area is 116 Å². The molecule has 0 aromatic carbocycles. The van der Waals surface area contributed by atoms with E-state index >= 15 is 0 Å². The lowest BCUT2D eigenvalue weighted by molar-refractivity contribution is -0.383. The summed E-state index contributed by atoms with van der Waals surface area (Å²) in [5, 5.41) is 16.5. The first-order valence-corrected chi connectivity index (χ1v) is 7.91. The van der Waals surface area contributed by atoms with Crippen LogP contribution in [-0.4, -0.2) is 47.9 Å². The third kappa shape index (κ3) is 4.30. The van der Waals surface area contributed by atoms with Crippen LogP contribution in [0.25, 0.3) is 0 Å². The van der Waals surface area contributed by atoms with E-state index in [-0.39, 0.29) is 35.4 Å². The van der Waals surface area contributed by atoms with Crippen LogP contribution in [0.4, 0.5) is 17.3 Å². The molecule has 112 valence electrons. The molecule has 0 bridgehead atoms. The van der Waals surface area contributed by atoms with Gasteiger partial charge in [0.2, 0.25) is 11.6 Å². The number of hydrogen-bond donors (Lipinski definition) is 2. The molecule has 1 heterocycles. The maximum absolute atomic E-state index is 11.4. The highest BCUT2D eigenvalue weighted by molar-refractivity contribution is 7.91. The molecule has 0 saturated carbocycles. The van der Waals surface area contributed by atoms with E-state index in [4.69, 9.17) is 0 Å². The Hall–Kier alpha value is -1.97. The standard InChI is InChI=1S/C10H17N5O4S/c1-3-11-9-8(15(16)17)10(14-7-13-9)12-5-6-20(18,19)4-2/h7H,3-6H2,1-2H3,(H2,11,12,13,14). The molecule has 0 aliphatic rings. The van der Waals surface area contributed by atoms with Crippen molar-refractivity contribution >= 4 is 27.2 Å². The minimum atomic E-state index is -3.13. The van der Waals surface area contributed by atoms with Crippen molar-refractivity contribution in [3.05, 3.63) is 16.4 Å². The van der Waals surface area contributed by atoms with Gasteiger partial charge in [0.15, 0.2) is 9.84 Å². The van der Waals surface area contributed by atoms with Crippen LogP contribution in [0.1, 0.15) is 13.8 Å². The van der Waals surface area contributed by atoms with Crippen molar-refractivity contribution < 1.29 is 13.3 Å². The van der Waals surface area contributed by atoms with Gasteiger partial charge in [-0.3, -0.25) is 10.1 Å². The highest BCUT2D eigenvalue weighted by Gasteiger charge is 2.22. The topological polar surface area (TPSA) is 127 Å². The maximum atomic E-state index is 11.4. The lowest BCUT2D eigenvalue weighted by Gasteiger charge is -2.08. The van der Waals surface area contributed by atoms with Crippen LogP contribution >= 0.6 is 0 Å². The quantitative estimate of drug-likeness (QED) is 0.529. The predicted octanol–water partition coefficient (Wildman–Crippen LogP) is 0.663. The number of nitro groups is 1. The monoisotopic (exact) mass is 303 g/mol. The zero-order chi connectivity index (χ0) is 15.2. The summed E-state index contributed by atoms with van der Waals surface area (Å²) in [6, 6.07) is 0. The van der Waals surface area contributed by atoms with E-state index in [0.717, 1.165) is 0 Å². The average Bonchev–Trinajstić information content (AvgIpc) is 2.39. The fourth-order valence-corrected chi connectivity index (χ4v) is 2.15. The molecule has 10 heteroatoms. The van der Waals surface area contributed by atoms with Gasteiger partial charge in [0.1, 0.15) is 6.33 Å². The van der Waals surface area contributed by atoms with Gasteiger partial charge in [-0.2, -0.15) is 0 Å². The van der Waals surface area contributed by atoms with Crippen molar-refractivity contribution in [2.75, 3.05) is 35.2 Å². The lowest BCUT2D eigenvalue weighted by Crippen LogP contribution is -2.18. The van der Waals surface area contributed by atoms with Gasteiger partial charge in [0.25, 0.3) is 0 Å². The Morgan fingerprint density at radius 1 is 1.25 bits per heavy atom. The van der Waals surface area contributed by atoms with Crippen LogP contribution in [0.15, 0.2) is 6.33 Å². The molecule has 0 amide bonds. The summed E-state index contributed by atoms with van der Waals surface area (Å²) in [7, 11) is -3.13. The molecular formula is C10H17N5O4S. The number of nitrogens with zero attached hydrogens (tertiary/aromatic N) is 3. The first-order chi connectivity index (χ1) is 9.41. The molecule has 0 atom stereocenters. The van der Waals surface area contributed by atoms with Crippen LogP contribution in [0, 0.1) is 10.1 Å². The predicted molar refractivity (Wildman–Crippen MR) is 75.7 cm³/mol.